The number of hydrogen-bond acceptors (Lipinski definition) is 3. The van der Waals surface area contributed by atoms with Crippen LogP contribution < -0.4 is 5.32 Å². The Morgan fingerprint density at radius 1 is 1.27 bits per heavy atom. The third-order valence-corrected chi connectivity index (χ3v) is 4.37. The summed E-state index contributed by atoms with van der Waals surface area (Å²) in [5, 5.41) is 3.67. The summed E-state index contributed by atoms with van der Waals surface area (Å²) < 4.78 is 0. The zero-order valence-corrected chi connectivity index (χ0v) is 14.5. The molecule has 1 aromatic carbocycles. The lowest BCUT2D eigenvalue weighted by Gasteiger charge is -2.32. The maximum Gasteiger partial charge on any atom is 0.251 e. The van der Waals surface area contributed by atoms with E-state index >= 15 is 0 Å². The van der Waals surface area contributed by atoms with E-state index in [-0.39, 0.29) is 11.9 Å². The van der Waals surface area contributed by atoms with Gasteiger partial charge in [0.2, 0.25) is 0 Å². The molecule has 1 aliphatic rings. The minimum absolute atomic E-state index is 0.0449. The number of nitrogens with one attached hydrogen (secondary N) is 1. The number of aryl methyl sites for hydroxylation is 1. The van der Waals surface area contributed by atoms with Gasteiger partial charge in [0, 0.05) is 49.4 Å². The molecule has 2 rings (SSSR count). The number of carbonyl (C=O) groups excluding carboxylic acids is 1. The van der Waals surface area contributed by atoms with Crippen LogP contribution in [0.4, 0.5) is 0 Å². The van der Waals surface area contributed by atoms with Gasteiger partial charge >= 0.3 is 0 Å². The molecule has 1 aliphatic heterocycles. The molecular formula is C17H26ClN3O. The van der Waals surface area contributed by atoms with Crippen molar-refractivity contribution >= 4 is 17.5 Å². The smallest absolute Gasteiger partial charge is 0.251 e. The number of hydrogen-bond donors (Lipinski definition) is 1. The van der Waals surface area contributed by atoms with Gasteiger partial charge in [-0.25, -0.2) is 0 Å². The first kappa shape index (κ1) is 17.3. The molecule has 1 N–H and O–H groups in total. The molecule has 1 unspecified atom stereocenters. The zero-order chi connectivity index (χ0) is 16.1. The molecule has 4 nitrogen and oxygen atoms in total. The Morgan fingerprint density at radius 3 is 2.59 bits per heavy atom. The highest BCUT2D eigenvalue weighted by molar-refractivity contribution is 6.31. The predicted molar refractivity (Wildman–Crippen MR) is 91.7 cm³/mol. The number of nitrogens with zero attached hydrogens (tertiary/aromatic N) is 2. The van der Waals surface area contributed by atoms with Crippen molar-refractivity contribution in [2.45, 2.75) is 26.3 Å². The van der Waals surface area contributed by atoms with E-state index in [9.17, 15) is 4.79 Å². The van der Waals surface area contributed by atoms with Gasteiger partial charge in [0.05, 0.1) is 0 Å². The number of rotatable bonds is 5. The van der Waals surface area contributed by atoms with E-state index in [1.54, 1.807) is 6.07 Å². The summed E-state index contributed by atoms with van der Waals surface area (Å²) in [6, 6.07) is 5.60. The molecule has 1 atom stereocenters. The SMILES string of the molecule is Cc1cc(Cl)cc(C(=O)NC(C)CCN2CCN(C)CC2)c1. The first-order valence-electron chi connectivity index (χ1n) is 7.93. The van der Waals surface area contributed by atoms with Gasteiger partial charge in [-0.15, -0.1) is 0 Å². The monoisotopic (exact) mass is 323 g/mol. The van der Waals surface area contributed by atoms with Crippen LogP contribution in [-0.2, 0) is 0 Å². The van der Waals surface area contributed by atoms with Gasteiger partial charge < -0.3 is 15.1 Å². The molecule has 1 fully saturated rings. The van der Waals surface area contributed by atoms with Gasteiger partial charge in [-0.1, -0.05) is 11.6 Å². The normalized spacial score (nSPS) is 18.2. The maximum atomic E-state index is 12.3. The van der Waals surface area contributed by atoms with Crippen LogP contribution in [0.25, 0.3) is 0 Å². The summed E-state index contributed by atoms with van der Waals surface area (Å²) in [7, 11) is 2.16. The molecule has 0 bridgehead atoms. The molecular weight excluding hydrogens is 298 g/mol. The van der Waals surface area contributed by atoms with Crippen molar-refractivity contribution in [2.75, 3.05) is 39.8 Å². The number of piperazine rings is 1. The van der Waals surface area contributed by atoms with Crippen molar-refractivity contribution in [3.05, 3.63) is 34.3 Å². The minimum Gasteiger partial charge on any atom is -0.350 e. The predicted octanol–water partition coefficient (Wildman–Crippen LogP) is 2.40. The van der Waals surface area contributed by atoms with Gasteiger partial charge in [0.1, 0.15) is 0 Å². The van der Waals surface area contributed by atoms with Gasteiger partial charge in [-0.05, 0) is 51.1 Å². The van der Waals surface area contributed by atoms with Crippen molar-refractivity contribution in [2.24, 2.45) is 0 Å². The summed E-state index contributed by atoms with van der Waals surface area (Å²) in [5.74, 6) is -0.0449. The lowest BCUT2D eigenvalue weighted by atomic mass is 10.1. The first-order valence-corrected chi connectivity index (χ1v) is 8.31. The highest BCUT2D eigenvalue weighted by Gasteiger charge is 2.16. The second kappa shape index (κ2) is 7.95. The Balaban J connectivity index is 1.78. The minimum atomic E-state index is -0.0449. The fourth-order valence-electron chi connectivity index (χ4n) is 2.69. The largest absolute Gasteiger partial charge is 0.350 e. The quantitative estimate of drug-likeness (QED) is 0.904. The topological polar surface area (TPSA) is 35.6 Å². The summed E-state index contributed by atoms with van der Waals surface area (Å²) in [4.78, 5) is 17.1. The number of carbonyl (C=O) groups is 1. The molecule has 5 heteroatoms. The molecule has 1 amide bonds. The van der Waals surface area contributed by atoms with E-state index in [1.807, 2.05) is 19.1 Å². The van der Waals surface area contributed by atoms with Crippen LogP contribution >= 0.6 is 11.6 Å². The fourth-order valence-corrected chi connectivity index (χ4v) is 2.98. The third kappa shape index (κ3) is 5.27. The fraction of sp³-hybridized carbons (Fsp3) is 0.588. The van der Waals surface area contributed by atoms with Crippen molar-refractivity contribution < 1.29 is 4.79 Å². The standard InChI is InChI=1S/C17H26ClN3O/c1-13-10-15(12-16(18)11-13)17(22)19-14(2)4-5-21-8-6-20(3)7-9-21/h10-12,14H,4-9H2,1-3H3,(H,19,22). The van der Waals surface area contributed by atoms with Crippen LogP contribution in [0.15, 0.2) is 18.2 Å². The third-order valence-electron chi connectivity index (χ3n) is 4.16. The molecule has 0 radical (unpaired) electrons. The van der Waals surface area contributed by atoms with E-state index in [0.717, 1.165) is 44.7 Å². The maximum absolute atomic E-state index is 12.3. The molecule has 1 aromatic rings. The van der Waals surface area contributed by atoms with E-state index < -0.39 is 0 Å². The molecule has 0 aromatic heterocycles. The Labute approximate surface area is 138 Å². The Hall–Kier alpha value is -1.10. The zero-order valence-electron chi connectivity index (χ0n) is 13.7. The molecule has 0 saturated carbocycles. The summed E-state index contributed by atoms with van der Waals surface area (Å²) in [5.41, 5.74) is 1.64. The number of likely N-dealkylation sites (N-methyl/N-ethyl adjacent to an activating group) is 1. The van der Waals surface area contributed by atoms with E-state index in [0.29, 0.717) is 10.6 Å². The number of amides is 1. The van der Waals surface area contributed by atoms with Gasteiger partial charge in [-0.2, -0.15) is 0 Å². The molecule has 0 spiro atoms. The van der Waals surface area contributed by atoms with Crippen LogP contribution in [0.1, 0.15) is 29.3 Å². The van der Waals surface area contributed by atoms with E-state index in [4.69, 9.17) is 11.6 Å². The lowest BCUT2D eigenvalue weighted by molar-refractivity contribution is 0.0931. The Morgan fingerprint density at radius 2 is 1.95 bits per heavy atom. The molecule has 22 heavy (non-hydrogen) atoms. The Kier molecular flexibility index (Phi) is 6.24. The Bertz CT molecular complexity index is 492. The van der Waals surface area contributed by atoms with Gasteiger partial charge in [-0.3, -0.25) is 4.79 Å². The van der Waals surface area contributed by atoms with E-state index in [1.165, 1.54) is 0 Å². The van der Waals surface area contributed by atoms with Crippen LogP contribution in [0.3, 0.4) is 0 Å². The van der Waals surface area contributed by atoms with Crippen molar-refractivity contribution in [3.63, 3.8) is 0 Å². The van der Waals surface area contributed by atoms with Gasteiger partial charge in [0.15, 0.2) is 0 Å². The average Bonchev–Trinajstić information content (AvgIpc) is 2.45. The van der Waals surface area contributed by atoms with Crippen molar-refractivity contribution in [1.29, 1.82) is 0 Å². The second-order valence-corrected chi connectivity index (χ2v) is 6.76. The molecule has 1 saturated heterocycles. The average molecular weight is 324 g/mol. The number of benzene rings is 1. The summed E-state index contributed by atoms with van der Waals surface area (Å²) >= 11 is 6.01. The van der Waals surface area contributed by atoms with E-state index in [2.05, 4.69) is 29.1 Å². The molecule has 122 valence electrons. The highest BCUT2D eigenvalue weighted by Crippen LogP contribution is 2.14. The highest BCUT2D eigenvalue weighted by atomic mass is 35.5. The molecule has 0 aliphatic carbocycles. The van der Waals surface area contributed by atoms with Crippen LogP contribution in [0.2, 0.25) is 5.02 Å². The van der Waals surface area contributed by atoms with Crippen LogP contribution in [0, 0.1) is 6.92 Å². The van der Waals surface area contributed by atoms with Crippen molar-refractivity contribution in [3.8, 4) is 0 Å². The summed E-state index contributed by atoms with van der Waals surface area (Å²) in [6.07, 6.45) is 0.967. The number of halogens is 1. The lowest BCUT2D eigenvalue weighted by Crippen LogP contribution is -2.46. The second-order valence-electron chi connectivity index (χ2n) is 6.33. The van der Waals surface area contributed by atoms with Crippen LogP contribution in [-0.4, -0.2) is 61.5 Å². The summed E-state index contributed by atoms with van der Waals surface area (Å²) in [6.45, 7) is 9.52. The van der Waals surface area contributed by atoms with Crippen LogP contribution in [0.5, 0.6) is 0 Å². The van der Waals surface area contributed by atoms with Crippen molar-refractivity contribution in [1.82, 2.24) is 15.1 Å². The molecule has 1 heterocycles. The first-order chi connectivity index (χ1) is 10.4. The van der Waals surface area contributed by atoms with Gasteiger partial charge in [0.25, 0.3) is 5.91 Å².